The van der Waals surface area contributed by atoms with Gasteiger partial charge in [-0.3, -0.25) is 0 Å². The smallest absolute Gasteiger partial charge is 0.129 e. The van der Waals surface area contributed by atoms with Gasteiger partial charge < -0.3 is 14.9 Å². The van der Waals surface area contributed by atoms with Crippen LogP contribution in [-0.4, -0.2) is 33.5 Å². The number of hydrogen-bond acceptors (Lipinski definition) is 4. The predicted molar refractivity (Wildman–Crippen MR) is 128 cm³/mol. The number of fused-ring (bicyclic) bond motifs is 7. The lowest BCUT2D eigenvalue weighted by atomic mass is 9.43. The van der Waals surface area contributed by atoms with Crippen LogP contribution < -0.4 is 4.74 Å². The third kappa shape index (κ3) is 3.20. The third-order valence-corrected chi connectivity index (χ3v) is 10.3. The molecule has 0 amide bonds. The van der Waals surface area contributed by atoms with Crippen LogP contribution in [0.2, 0.25) is 5.15 Å². The molecule has 3 saturated carbocycles. The number of aliphatic hydroxyl groups excluding tert-OH is 2. The van der Waals surface area contributed by atoms with Crippen molar-refractivity contribution in [3.05, 3.63) is 58.9 Å². The summed E-state index contributed by atoms with van der Waals surface area (Å²) in [5.41, 5.74) is 2.31. The summed E-state index contributed by atoms with van der Waals surface area (Å²) >= 11 is 6.28. The first-order valence-electron chi connectivity index (χ1n) is 12.5. The van der Waals surface area contributed by atoms with E-state index < -0.39 is 12.2 Å². The molecule has 0 radical (unpaired) electrons. The average Bonchev–Trinajstić information content (AvgIpc) is 3.11. The zero-order valence-corrected chi connectivity index (χ0v) is 20.2. The molecule has 3 fully saturated rings. The van der Waals surface area contributed by atoms with Crippen molar-refractivity contribution in [3.8, 4) is 5.75 Å². The largest absolute Gasteiger partial charge is 0.490 e. The van der Waals surface area contributed by atoms with Gasteiger partial charge in [0.15, 0.2) is 0 Å². The monoisotopic (exact) mass is 467 g/mol. The highest BCUT2D eigenvalue weighted by Crippen LogP contribution is 2.65. The summed E-state index contributed by atoms with van der Waals surface area (Å²) in [4.78, 5) is 4.74. The summed E-state index contributed by atoms with van der Waals surface area (Å²) < 4.78 is 6.29. The molecule has 9 atom stereocenters. The Labute approximate surface area is 201 Å². The van der Waals surface area contributed by atoms with Gasteiger partial charge in [-0.05, 0) is 91.4 Å². The molecule has 6 rings (SSSR count). The highest BCUT2D eigenvalue weighted by Gasteiger charge is 2.64. The Kier molecular flexibility index (Phi) is 5.10. The summed E-state index contributed by atoms with van der Waals surface area (Å²) in [7, 11) is 0. The van der Waals surface area contributed by atoms with E-state index in [1.807, 2.05) is 36.4 Å². The zero-order chi connectivity index (χ0) is 23.0. The van der Waals surface area contributed by atoms with Gasteiger partial charge in [0.1, 0.15) is 10.9 Å². The van der Waals surface area contributed by atoms with Crippen molar-refractivity contribution in [1.82, 2.24) is 4.98 Å². The van der Waals surface area contributed by atoms with E-state index in [1.165, 1.54) is 5.56 Å². The summed E-state index contributed by atoms with van der Waals surface area (Å²) in [6.07, 6.45) is 4.51. The molecule has 1 aromatic carbocycles. The normalized spacial score (nSPS) is 43.7. The molecule has 0 saturated heterocycles. The van der Waals surface area contributed by atoms with E-state index in [9.17, 15) is 10.2 Å². The van der Waals surface area contributed by atoms with Gasteiger partial charge in [-0.1, -0.05) is 49.7 Å². The van der Waals surface area contributed by atoms with Crippen molar-refractivity contribution in [2.75, 3.05) is 0 Å². The minimum Gasteiger partial charge on any atom is -0.490 e. The van der Waals surface area contributed by atoms with Gasteiger partial charge in [0.25, 0.3) is 0 Å². The Morgan fingerprint density at radius 2 is 1.73 bits per heavy atom. The van der Waals surface area contributed by atoms with Crippen LogP contribution >= 0.6 is 11.6 Å². The van der Waals surface area contributed by atoms with Crippen molar-refractivity contribution in [2.45, 2.75) is 76.1 Å². The van der Waals surface area contributed by atoms with Crippen LogP contribution in [0.25, 0.3) is 0 Å². The molecular weight excluding hydrogens is 434 g/mol. The number of hydrogen-bond donors (Lipinski definition) is 2. The number of aliphatic hydroxyl groups is 2. The van der Waals surface area contributed by atoms with Gasteiger partial charge in [-0.15, -0.1) is 0 Å². The maximum absolute atomic E-state index is 11.6. The topological polar surface area (TPSA) is 62.6 Å². The molecule has 0 bridgehead atoms. The average molecular weight is 468 g/mol. The van der Waals surface area contributed by atoms with E-state index in [2.05, 4.69) is 19.9 Å². The number of halogens is 1. The standard InChI is InChI=1S/C28H34ClNO3/c1-27-12-10-18(33-17-6-4-3-5-7-17)15-21(27)24(31)25(32)23-19(27)11-13-28(2)20(23)14-16-8-9-22(29)30-26(16)28/h3-9,18-21,23-25,31-32H,10-15H2,1-2H3/t18-,19-,20-,21+,23?,24+,25+,27+,28-/m0/s1. The summed E-state index contributed by atoms with van der Waals surface area (Å²) in [6, 6.07) is 14.0. The van der Waals surface area contributed by atoms with Crippen molar-refractivity contribution in [1.29, 1.82) is 0 Å². The minimum atomic E-state index is -0.721. The number of aromatic nitrogens is 1. The first kappa shape index (κ1) is 21.9. The number of para-hydroxylation sites is 1. The van der Waals surface area contributed by atoms with E-state index in [0.29, 0.717) is 11.1 Å². The quantitative estimate of drug-likeness (QED) is 0.597. The van der Waals surface area contributed by atoms with Crippen LogP contribution in [-0.2, 0) is 11.8 Å². The fraction of sp³-hybridized carbons (Fsp3) is 0.607. The number of nitrogens with zero attached hydrogens (tertiary/aromatic N) is 1. The molecule has 5 heteroatoms. The summed E-state index contributed by atoms with van der Waals surface area (Å²) in [5, 5.41) is 23.6. The molecule has 4 aliphatic rings. The fourth-order valence-corrected chi connectivity index (χ4v) is 8.53. The van der Waals surface area contributed by atoms with Crippen molar-refractivity contribution < 1.29 is 14.9 Å². The Balaban J connectivity index is 1.29. The molecule has 0 aliphatic heterocycles. The second kappa shape index (κ2) is 7.69. The number of benzene rings is 1. The van der Waals surface area contributed by atoms with Gasteiger partial charge in [0.2, 0.25) is 0 Å². The molecule has 2 aromatic rings. The van der Waals surface area contributed by atoms with Crippen LogP contribution in [0.3, 0.4) is 0 Å². The maximum Gasteiger partial charge on any atom is 0.129 e. The Morgan fingerprint density at radius 1 is 0.939 bits per heavy atom. The lowest BCUT2D eigenvalue weighted by Gasteiger charge is -2.63. The van der Waals surface area contributed by atoms with E-state index in [0.717, 1.165) is 50.0 Å². The first-order chi connectivity index (χ1) is 15.8. The van der Waals surface area contributed by atoms with Crippen LogP contribution in [0, 0.1) is 29.1 Å². The van der Waals surface area contributed by atoms with Gasteiger partial charge in [0.05, 0.1) is 24.0 Å². The van der Waals surface area contributed by atoms with Gasteiger partial charge in [0, 0.05) is 5.41 Å². The first-order valence-corrected chi connectivity index (χ1v) is 12.9. The molecular formula is C28H34ClNO3. The summed E-state index contributed by atoms with van der Waals surface area (Å²) in [6.45, 7) is 4.68. The molecule has 4 nitrogen and oxygen atoms in total. The van der Waals surface area contributed by atoms with E-state index in [-0.39, 0.29) is 34.7 Å². The molecule has 4 aliphatic carbocycles. The molecule has 1 unspecified atom stereocenters. The fourth-order valence-electron chi connectivity index (χ4n) is 8.38. The van der Waals surface area contributed by atoms with Gasteiger partial charge in [-0.25, -0.2) is 4.98 Å². The maximum atomic E-state index is 11.6. The van der Waals surface area contributed by atoms with Crippen LogP contribution in [0.5, 0.6) is 5.75 Å². The molecule has 1 heterocycles. The minimum absolute atomic E-state index is 0.0149. The number of ether oxygens (including phenoxy) is 1. The second-order valence-electron chi connectivity index (χ2n) is 11.5. The van der Waals surface area contributed by atoms with Crippen molar-refractivity contribution in [2.24, 2.45) is 29.1 Å². The third-order valence-electron chi connectivity index (χ3n) is 10.1. The van der Waals surface area contributed by atoms with Gasteiger partial charge >= 0.3 is 0 Å². The van der Waals surface area contributed by atoms with Crippen molar-refractivity contribution >= 4 is 11.6 Å². The second-order valence-corrected chi connectivity index (χ2v) is 11.9. The van der Waals surface area contributed by atoms with Crippen LogP contribution in [0.4, 0.5) is 0 Å². The molecule has 0 spiro atoms. The highest BCUT2D eigenvalue weighted by molar-refractivity contribution is 6.29. The van der Waals surface area contributed by atoms with E-state index in [1.54, 1.807) is 0 Å². The van der Waals surface area contributed by atoms with Crippen LogP contribution in [0.1, 0.15) is 57.2 Å². The zero-order valence-electron chi connectivity index (χ0n) is 19.5. The molecule has 33 heavy (non-hydrogen) atoms. The SMILES string of the molecule is C[C@]12CC[C@H](Oc3ccccc3)C[C@@H]1[C@@H](O)[C@H](O)C1[C@@H]2CC[C@]2(C)c3nc(Cl)ccc3C[C@@H]12. The van der Waals surface area contributed by atoms with E-state index in [4.69, 9.17) is 21.3 Å². The van der Waals surface area contributed by atoms with E-state index >= 15 is 0 Å². The Bertz CT molecular complexity index is 1050. The van der Waals surface area contributed by atoms with Crippen LogP contribution in [0.15, 0.2) is 42.5 Å². The summed E-state index contributed by atoms with van der Waals surface area (Å²) in [5.74, 6) is 1.72. The van der Waals surface area contributed by atoms with Gasteiger partial charge in [-0.2, -0.15) is 0 Å². The molecule has 176 valence electrons. The van der Waals surface area contributed by atoms with Crippen molar-refractivity contribution in [3.63, 3.8) is 0 Å². The number of pyridine rings is 1. The number of rotatable bonds is 2. The Morgan fingerprint density at radius 3 is 2.52 bits per heavy atom. The predicted octanol–water partition coefficient (Wildman–Crippen LogP) is 5.18. The molecule has 1 aromatic heterocycles. The lowest BCUT2D eigenvalue weighted by Crippen LogP contribution is -2.64. The molecule has 2 N–H and O–H groups in total. The lowest BCUT2D eigenvalue weighted by molar-refractivity contribution is -0.213. The Hall–Kier alpha value is -1.62. The highest BCUT2D eigenvalue weighted by atomic mass is 35.5.